The molecule has 0 aliphatic heterocycles. The fourth-order valence-corrected chi connectivity index (χ4v) is 2.12. The summed E-state index contributed by atoms with van der Waals surface area (Å²) in [6.45, 7) is 5.57. The van der Waals surface area contributed by atoms with Gasteiger partial charge in [0.2, 0.25) is 5.91 Å². The molecule has 1 aromatic rings. The van der Waals surface area contributed by atoms with Crippen molar-refractivity contribution in [2.24, 2.45) is 0 Å². The van der Waals surface area contributed by atoms with Gasteiger partial charge in [-0.25, -0.2) is 4.79 Å². The summed E-state index contributed by atoms with van der Waals surface area (Å²) >= 11 is 0. The maximum Gasteiger partial charge on any atom is 0.329 e. The number of carbonyl (C=O) groups is 2. The van der Waals surface area contributed by atoms with E-state index in [1.54, 1.807) is 13.8 Å². The van der Waals surface area contributed by atoms with Crippen LogP contribution in [0.2, 0.25) is 0 Å². The topological polar surface area (TPSA) is 66.4 Å². The second-order valence-corrected chi connectivity index (χ2v) is 5.13. The zero-order valence-corrected chi connectivity index (χ0v) is 12.4. The Morgan fingerprint density at radius 1 is 1.15 bits per heavy atom. The lowest BCUT2D eigenvalue weighted by molar-refractivity contribution is -0.148. The minimum atomic E-state index is -1.13. The van der Waals surface area contributed by atoms with Crippen molar-refractivity contribution in [3.63, 3.8) is 0 Å². The summed E-state index contributed by atoms with van der Waals surface area (Å²) in [7, 11) is 0. The highest BCUT2D eigenvalue weighted by atomic mass is 16.4. The van der Waals surface area contributed by atoms with Crippen molar-refractivity contribution in [3.8, 4) is 0 Å². The van der Waals surface area contributed by atoms with E-state index in [0.29, 0.717) is 25.7 Å². The minimum absolute atomic E-state index is 0.211. The predicted molar refractivity (Wildman–Crippen MR) is 78.6 cm³/mol. The molecule has 2 N–H and O–H groups in total. The lowest BCUT2D eigenvalue weighted by atomic mass is 9.92. The Bertz CT molecular complexity index is 461. The standard InChI is InChI=1S/C16H23NO3/c1-4-16(5-2,15(19)20)17-14(18)11-10-13-8-6-12(3)7-9-13/h6-9H,4-5,10-11H2,1-3H3,(H,17,18)(H,19,20). The SMILES string of the molecule is CCC(CC)(NC(=O)CCc1ccc(C)cc1)C(=O)O. The molecule has 0 aromatic heterocycles. The molecule has 0 aliphatic rings. The first-order valence-corrected chi connectivity index (χ1v) is 7.03. The summed E-state index contributed by atoms with van der Waals surface area (Å²) in [4.78, 5) is 23.3. The number of rotatable bonds is 7. The van der Waals surface area contributed by atoms with Crippen molar-refractivity contribution < 1.29 is 14.7 Å². The Kier molecular flexibility index (Phi) is 5.74. The third-order valence-electron chi connectivity index (χ3n) is 3.76. The van der Waals surface area contributed by atoms with Crippen molar-refractivity contribution in [3.05, 3.63) is 35.4 Å². The van der Waals surface area contributed by atoms with Gasteiger partial charge in [-0.1, -0.05) is 43.7 Å². The molecular formula is C16H23NO3. The summed E-state index contributed by atoms with van der Waals surface area (Å²) in [5.74, 6) is -1.18. The number of hydrogen-bond acceptors (Lipinski definition) is 2. The van der Waals surface area contributed by atoms with E-state index in [1.165, 1.54) is 5.56 Å². The van der Waals surface area contributed by atoms with Gasteiger partial charge in [0.05, 0.1) is 0 Å². The maximum absolute atomic E-state index is 11.9. The van der Waals surface area contributed by atoms with Crippen molar-refractivity contribution in [1.82, 2.24) is 5.32 Å². The molecule has 1 rings (SSSR count). The first-order chi connectivity index (χ1) is 9.43. The molecule has 1 amide bonds. The van der Waals surface area contributed by atoms with Gasteiger partial charge in [-0.3, -0.25) is 4.79 Å². The van der Waals surface area contributed by atoms with Gasteiger partial charge < -0.3 is 10.4 Å². The highest BCUT2D eigenvalue weighted by Gasteiger charge is 2.36. The second kappa shape index (κ2) is 7.08. The van der Waals surface area contributed by atoms with Crippen LogP contribution in [0.15, 0.2) is 24.3 Å². The molecule has 0 heterocycles. The smallest absolute Gasteiger partial charge is 0.329 e. The van der Waals surface area contributed by atoms with E-state index in [1.807, 2.05) is 31.2 Å². The van der Waals surface area contributed by atoms with Crippen LogP contribution in [0.5, 0.6) is 0 Å². The third kappa shape index (κ3) is 4.08. The van der Waals surface area contributed by atoms with Crippen molar-refractivity contribution in [2.75, 3.05) is 0 Å². The zero-order valence-electron chi connectivity index (χ0n) is 12.4. The average molecular weight is 277 g/mol. The molecule has 4 nitrogen and oxygen atoms in total. The van der Waals surface area contributed by atoms with Crippen LogP contribution in [-0.2, 0) is 16.0 Å². The van der Waals surface area contributed by atoms with E-state index < -0.39 is 11.5 Å². The summed E-state index contributed by atoms with van der Waals surface area (Å²) < 4.78 is 0. The maximum atomic E-state index is 11.9. The first kappa shape index (κ1) is 16.2. The van der Waals surface area contributed by atoms with Gasteiger partial charge in [-0.15, -0.1) is 0 Å². The Balaban J connectivity index is 2.58. The number of amides is 1. The lowest BCUT2D eigenvalue weighted by Crippen LogP contribution is -2.53. The van der Waals surface area contributed by atoms with Crippen molar-refractivity contribution in [2.45, 2.75) is 52.0 Å². The Labute approximate surface area is 120 Å². The molecule has 4 heteroatoms. The van der Waals surface area contributed by atoms with E-state index in [2.05, 4.69) is 5.32 Å². The molecule has 20 heavy (non-hydrogen) atoms. The fraction of sp³-hybridized carbons (Fsp3) is 0.500. The normalized spacial score (nSPS) is 11.2. The number of hydrogen-bond donors (Lipinski definition) is 2. The highest BCUT2D eigenvalue weighted by molar-refractivity contribution is 5.87. The second-order valence-electron chi connectivity index (χ2n) is 5.13. The number of carbonyl (C=O) groups excluding carboxylic acids is 1. The fourth-order valence-electron chi connectivity index (χ4n) is 2.12. The lowest BCUT2D eigenvalue weighted by Gasteiger charge is -2.28. The van der Waals surface area contributed by atoms with E-state index in [-0.39, 0.29) is 5.91 Å². The molecule has 0 bridgehead atoms. The monoisotopic (exact) mass is 277 g/mol. The molecule has 0 aliphatic carbocycles. The Morgan fingerprint density at radius 3 is 2.15 bits per heavy atom. The summed E-state index contributed by atoms with van der Waals surface area (Å²) in [6.07, 6.45) is 1.69. The number of nitrogens with one attached hydrogen (secondary N) is 1. The predicted octanol–water partition coefficient (Wildman–Crippen LogP) is 2.69. The molecular weight excluding hydrogens is 254 g/mol. The van der Waals surface area contributed by atoms with E-state index in [0.717, 1.165) is 5.56 Å². The molecule has 0 unspecified atom stereocenters. The number of aryl methyl sites for hydroxylation is 2. The Hall–Kier alpha value is -1.84. The van der Waals surface area contributed by atoms with Gasteiger partial charge in [0.1, 0.15) is 5.54 Å². The van der Waals surface area contributed by atoms with E-state index in [9.17, 15) is 14.7 Å². The van der Waals surface area contributed by atoms with Gasteiger partial charge in [-0.2, -0.15) is 0 Å². The minimum Gasteiger partial charge on any atom is -0.480 e. The quantitative estimate of drug-likeness (QED) is 0.805. The number of carboxylic acids is 1. The molecule has 110 valence electrons. The molecule has 0 saturated carbocycles. The van der Waals surface area contributed by atoms with Crippen LogP contribution in [0, 0.1) is 6.92 Å². The number of carboxylic acid groups (broad SMARTS) is 1. The molecule has 0 spiro atoms. The van der Waals surface area contributed by atoms with Crippen molar-refractivity contribution >= 4 is 11.9 Å². The highest BCUT2D eigenvalue weighted by Crippen LogP contribution is 2.16. The molecule has 0 atom stereocenters. The molecule has 0 saturated heterocycles. The Morgan fingerprint density at radius 2 is 1.70 bits per heavy atom. The van der Waals surface area contributed by atoms with Crippen LogP contribution in [0.1, 0.15) is 44.2 Å². The summed E-state index contributed by atoms with van der Waals surface area (Å²) in [5.41, 5.74) is 1.13. The number of benzene rings is 1. The van der Waals surface area contributed by atoms with Crippen LogP contribution < -0.4 is 5.32 Å². The average Bonchev–Trinajstić information content (AvgIpc) is 2.44. The van der Waals surface area contributed by atoms with E-state index in [4.69, 9.17) is 0 Å². The van der Waals surface area contributed by atoms with Crippen LogP contribution in [-0.4, -0.2) is 22.5 Å². The molecule has 1 aromatic carbocycles. The van der Waals surface area contributed by atoms with Gasteiger partial charge in [0, 0.05) is 6.42 Å². The van der Waals surface area contributed by atoms with Crippen LogP contribution in [0.25, 0.3) is 0 Å². The van der Waals surface area contributed by atoms with Crippen LogP contribution in [0.3, 0.4) is 0 Å². The summed E-state index contributed by atoms with van der Waals surface area (Å²) in [6, 6.07) is 8.00. The largest absolute Gasteiger partial charge is 0.480 e. The third-order valence-corrected chi connectivity index (χ3v) is 3.76. The van der Waals surface area contributed by atoms with Crippen LogP contribution >= 0.6 is 0 Å². The first-order valence-electron chi connectivity index (χ1n) is 7.03. The zero-order chi connectivity index (χ0) is 15.2. The molecule has 0 radical (unpaired) electrons. The van der Waals surface area contributed by atoms with E-state index >= 15 is 0 Å². The van der Waals surface area contributed by atoms with Gasteiger partial charge in [0.15, 0.2) is 0 Å². The summed E-state index contributed by atoms with van der Waals surface area (Å²) in [5, 5.41) is 11.9. The van der Waals surface area contributed by atoms with Crippen molar-refractivity contribution in [1.29, 1.82) is 0 Å². The van der Waals surface area contributed by atoms with Gasteiger partial charge >= 0.3 is 5.97 Å². The van der Waals surface area contributed by atoms with Gasteiger partial charge in [0.25, 0.3) is 0 Å². The molecule has 0 fully saturated rings. The van der Waals surface area contributed by atoms with Crippen LogP contribution in [0.4, 0.5) is 0 Å². The van der Waals surface area contributed by atoms with Gasteiger partial charge in [-0.05, 0) is 31.7 Å². The number of aliphatic carboxylic acids is 1.